The number of carbonyl (C=O) groups excluding carboxylic acids is 1. The first-order valence-corrected chi connectivity index (χ1v) is 7.99. The van der Waals surface area contributed by atoms with Gasteiger partial charge in [-0.2, -0.15) is 0 Å². The topological polar surface area (TPSA) is 84.9 Å². The van der Waals surface area contributed by atoms with E-state index in [2.05, 4.69) is 5.32 Å². The Labute approximate surface area is 140 Å². The molecule has 0 spiro atoms. The van der Waals surface area contributed by atoms with Gasteiger partial charge in [0, 0.05) is 4.88 Å². The lowest BCUT2D eigenvalue weighted by Crippen LogP contribution is -2.42. The Hall–Kier alpha value is -2.61. The molecule has 1 aromatic heterocycles. The van der Waals surface area contributed by atoms with Crippen LogP contribution >= 0.6 is 11.3 Å². The van der Waals surface area contributed by atoms with E-state index in [1.165, 1.54) is 11.3 Å². The summed E-state index contributed by atoms with van der Waals surface area (Å²) < 4.78 is 23.6. The first kappa shape index (κ1) is 16.3. The van der Waals surface area contributed by atoms with Crippen LogP contribution in [0, 0.1) is 0 Å². The van der Waals surface area contributed by atoms with Crippen LogP contribution in [0.25, 0.3) is 10.4 Å². The minimum atomic E-state index is -1.54. The van der Waals surface area contributed by atoms with Crippen LogP contribution in [0.2, 0.25) is 0 Å². The van der Waals surface area contributed by atoms with Crippen molar-refractivity contribution in [3.8, 4) is 21.9 Å². The second kappa shape index (κ2) is 6.88. The number of fused-ring (bicyclic) bond motifs is 1. The Morgan fingerprint density at radius 2 is 1.96 bits per heavy atom. The van der Waals surface area contributed by atoms with Crippen LogP contribution in [0.1, 0.15) is 9.67 Å². The third kappa shape index (κ3) is 3.33. The summed E-state index contributed by atoms with van der Waals surface area (Å²) >= 11 is 1.19. The van der Waals surface area contributed by atoms with Gasteiger partial charge in [0.1, 0.15) is 19.9 Å². The summed E-state index contributed by atoms with van der Waals surface area (Å²) in [4.78, 5) is 23.9. The van der Waals surface area contributed by atoms with Gasteiger partial charge in [-0.05, 0) is 35.9 Å². The second-order valence-corrected chi connectivity index (χ2v) is 6.12. The predicted octanol–water partition coefficient (Wildman–Crippen LogP) is 2.34. The molecule has 2 N–H and O–H groups in total. The van der Waals surface area contributed by atoms with E-state index in [-0.39, 0.29) is 0 Å². The number of hydrogen-bond acceptors (Lipinski definition) is 5. The zero-order valence-electron chi connectivity index (χ0n) is 12.5. The summed E-state index contributed by atoms with van der Waals surface area (Å²) in [6.45, 7) is -0.176. The molecule has 1 amide bonds. The summed E-state index contributed by atoms with van der Waals surface area (Å²) in [5, 5.41) is 10.9. The molecule has 0 saturated heterocycles. The molecule has 0 saturated carbocycles. The number of rotatable bonds is 5. The number of alkyl halides is 1. The van der Waals surface area contributed by atoms with Gasteiger partial charge in [0.25, 0.3) is 5.91 Å². The lowest BCUT2D eigenvalue weighted by atomic mass is 10.1. The number of thiophene rings is 1. The standard InChI is InChI=1S/C16H14FNO5S/c17-8-10(16(20)21)18-15(19)14-4-3-13(24-14)9-1-2-11-12(7-9)23-6-5-22-11/h1-4,7,10H,5-6,8H2,(H,18,19)(H,20,21). The van der Waals surface area contributed by atoms with Crippen molar-refractivity contribution >= 4 is 23.2 Å². The molecule has 126 valence electrons. The number of nitrogens with one attached hydrogen (secondary N) is 1. The first-order chi connectivity index (χ1) is 11.6. The highest BCUT2D eigenvalue weighted by atomic mass is 32.1. The second-order valence-electron chi connectivity index (χ2n) is 5.04. The number of carboxylic acid groups (broad SMARTS) is 1. The smallest absolute Gasteiger partial charge is 0.328 e. The zero-order chi connectivity index (χ0) is 17.1. The number of halogens is 1. The van der Waals surface area contributed by atoms with E-state index >= 15 is 0 Å². The van der Waals surface area contributed by atoms with E-state index in [4.69, 9.17) is 14.6 Å². The highest BCUT2D eigenvalue weighted by molar-refractivity contribution is 7.17. The summed E-state index contributed by atoms with van der Waals surface area (Å²) in [6, 6.07) is 7.25. The van der Waals surface area contributed by atoms with Gasteiger partial charge in [-0.3, -0.25) is 4.79 Å². The molecule has 8 heteroatoms. The molecule has 0 aliphatic carbocycles. The summed E-state index contributed by atoms with van der Waals surface area (Å²) in [5.41, 5.74) is 0.851. The number of amides is 1. The van der Waals surface area contributed by atoms with E-state index in [0.29, 0.717) is 29.6 Å². The molecular formula is C16H14FNO5S. The fourth-order valence-electron chi connectivity index (χ4n) is 2.21. The van der Waals surface area contributed by atoms with E-state index in [1.807, 2.05) is 12.1 Å². The van der Waals surface area contributed by atoms with Crippen molar-refractivity contribution in [2.45, 2.75) is 6.04 Å². The highest BCUT2D eigenvalue weighted by Gasteiger charge is 2.21. The maximum Gasteiger partial charge on any atom is 0.328 e. The fourth-order valence-corrected chi connectivity index (χ4v) is 3.11. The zero-order valence-corrected chi connectivity index (χ0v) is 13.3. The number of hydrogen-bond donors (Lipinski definition) is 2. The molecule has 0 bridgehead atoms. The van der Waals surface area contributed by atoms with Gasteiger partial charge in [-0.25, -0.2) is 9.18 Å². The molecule has 1 atom stereocenters. The van der Waals surface area contributed by atoms with Crippen molar-refractivity contribution in [2.24, 2.45) is 0 Å². The Morgan fingerprint density at radius 1 is 1.21 bits per heavy atom. The number of carbonyl (C=O) groups is 2. The van der Waals surface area contributed by atoms with Crippen LogP contribution in [0.4, 0.5) is 4.39 Å². The Balaban J connectivity index is 1.78. The molecule has 24 heavy (non-hydrogen) atoms. The van der Waals surface area contributed by atoms with Crippen LogP contribution in [-0.4, -0.2) is 42.9 Å². The Morgan fingerprint density at radius 3 is 2.67 bits per heavy atom. The summed E-state index contributed by atoms with van der Waals surface area (Å²) in [6.07, 6.45) is 0. The molecule has 0 radical (unpaired) electrons. The van der Waals surface area contributed by atoms with Crippen LogP contribution in [0.5, 0.6) is 11.5 Å². The van der Waals surface area contributed by atoms with Crippen molar-refractivity contribution in [3.63, 3.8) is 0 Å². The highest BCUT2D eigenvalue weighted by Crippen LogP contribution is 2.36. The molecule has 1 unspecified atom stereocenters. The molecule has 2 heterocycles. The van der Waals surface area contributed by atoms with Gasteiger partial charge in [-0.15, -0.1) is 11.3 Å². The molecule has 0 fully saturated rings. The monoisotopic (exact) mass is 351 g/mol. The molecule has 1 aromatic carbocycles. The predicted molar refractivity (Wildman–Crippen MR) is 85.6 cm³/mol. The summed E-state index contributed by atoms with van der Waals surface area (Å²) in [5.74, 6) is -0.711. The minimum Gasteiger partial charge on any atom is -0.486 e. The van der Waals surface area contributed by atoms with Crippen molar-refractivity contribution in [3.05, 3.63) is 35.2 Å². The van der Waals surface area contributed by atoms with Crippen LogP contribution in [0.15, 0.2) is 30.3 Å². The SMILES string of the molecule is O=C(NC(CF)C(=O)O)c1ccc(-c2ccc3c(c2)OCCO3)s1. The van der Waals surface area contributed by atoms with Gasteiger partial charge < -0.3 is 19.9 Å². The third-order valence-corrected chi connectivity index (χ3v) is 4.55. The van der Waals surface area contributed by atoms with Gasteiger partial charge in [0.05, 0.1) is 4.88 Å². The number of carboxylic acids is 1. The molecular weight excluding hydrogens is 337 g/mol. The maximum absolute atomic E-state index is 12.6. The van der Waals surface area contributed by atoms with Crippen LogP contribution in [-0.2, 0) is 4.79 Å². The molecule has 1 aliphatic heterocycles. The van der Waals surface area contributed by atoms with Gasteiger partial charge >= 0.3 is 5.97 Å². The van der Waals surface area contributed by atoms with E-state index in [1.54, 1.807) is 18.2 Å². The molecule has 6 nitrogen and oxygen atoms in total. The first-order valence-electron chi connectivity index (χ1n) is 7.18. The van der Waals surface area contributed by atoms with Crippen LogP contribution in [0.3, 0.4) is 0 Å². The molecule has 1 aliphatic rings. The van der Waals surface area contributed by atoms with Gasteiger partial charge in [-0.1, -0.05) is 0 Å². The van der Waals surface area contributed by atoms with Crippen LogP contribution < -0.4 is 14.8 Å². The van der Waals surface area contributed by atoms with Crippen molar-refractivity contribution in [1.29, 1.82) is 0 Å². The fraction of sp³-hybridized carbons (Fsp3) is 0.250. The third-order valence-electron chi connectivity index (χ3n) is 3.41. The lowest BCUT2D eigenvalue weighted by Gasteiger charge is -2.18. The van der Waals surface area contributed by atoms with Gasteiger partial charge in [0.15, 0.2) is 17.5 Å². The lowest BCUT2D eigenvalue weighted by molar-refractivity contribution is -0.139. The largest absolute Gasteiger partial charge is 0.486 e. The van der Waals surface area contributed by atoms with E-state index < -0.39 is 24.6 Å². The van der Waals surface area contributed by atoms with Crippen molar-refractivity contribution in [2.75, 3.05) is 19.9 Å². The number of ether oxygens (including phenoxy) is 2. The number of aliphatic carboxylic acids is 1. The maximum atomic E-state index is 12.6. The van der Waals surface area contributed by atoms with Crippen molar-refractivity contribution < 1.29 is 28.6 Å². The minimum absolute atomic E-state index is 0.305. The number of benzene rings is 1. The van der Waals surface area contributed by atoms with Crippen molar-refractivity contribution in [1.82, 2.24) is 5.32 Å². The van der Waals surface area contributed by atoms with E-state index in [0.717, 1.165) is 10.4 Å². The Kier molecular flexibility index (Phi) is 4.66. The molecule has 2 aromatic rings. The quantitative estimate of drug-likeness (QED) is 0.864. The summed E-state index contributed by atoms with van der Waals surface area (Å²) in [7, 11) is 0. The average molecular weight is 351 g/mol. The van der Waals surface area contributed by atoms with E-state index in [9.17, 15) is 14.0 Å². The Bertz CT molecular complexity index is 776. The molecule has 3 rings (SSSR count). The normalized spacial score (nSPS) is 14.0. The average Bonchev–Trinajstić information content (AvgIpc) is 3.09. The van der Waals surface area contributed by atoms with Gasteiger partial charge in [0.2, 0.25) is 0 Å².